The highest BCUT2D eigenvalue weighted by atomic mass is 35.5. The Balaban J connectivity index is 1.28. The van der Waals surface area contributed by atoms with Crippen molar-refractivity contribution >= 4 is 29.1 Å². The summed E-state index contributed by atoms with van der Waals surface area (Å²) in [5.74, 6) is 2.65. The number of aliphatic hydroxyl groups is 1. The second-order valence-electron chi connectivity index (χ2n) is 9.15. The molecule has 2 atom stereocenters. The third kappa shape index (κ3) is 3.88. The van der Waals surface area contributed by atoms with E-state index in [1.807, 2.05) is 11.9 Å². The molecule has 154 valence electrons. The number of aliphatic hydroxyl groups excluding tert-OH is 1. The summed E-state index contributed by atoms with van der Waals surface area (Å²) in [7, 11) is 1.97. The van der Waals surface area contributed by atoms with Crippen LogP contribution in [0.5, 0.6) is 5.75 Å². The van der Waals surface area contributed by atoms with E-state index in [1.165, 1.54) is 19.3 Å². The van der Waals surface area contributed by atoms with Gasteiger partial charge in [-0.2, -0.15) is 0 Å². The number of halogens is 2. The number of nitrogens with zero attached hydrogens (tertiary/aromatic N) is 1. The van der Waals surface area contributed by atoms with E-state index in [0.717, 1.165) is 18.8 Å². The summed E-state index contributed by atoms with van der Waals surface area (Å²) in [6.07, 6.45) is 6.93. The zero-order chi connectivity index (χ0) is 19.9. The normalized spacial score (nSPS) is 33.1. The van der Waals surface area contributed by atoms with Crippen LogP contribution < -0.4 is 4.74 Å². The molecule has 4 fully saturated rings. The molecule has 0 saturated heterocycles. The van der Waals surface area contributed by atoms with Gasteiger partial charge in [-0.1, -0.05) is 23.2 Å². The molecule has 1 aromatic carbocycles. The fourth-order valence-electron chi connectivity index (χ4n) is 6.33. The SMILES string of the molecule is CN(C(=O)CCCOc1ccc(Cl)cc1Cl)C1C2CC3CC1CC(CO)(C3)C2. The molecule has 1 amide bonds. The van der Waals surface area contributed by atoms with Crippen molar-refractivity contribution in [1.29, 1.82) is 0 Å². The zero-order valence-electron chi connectivity index (χ0n) is 16.4. The minimum absolute atomic E-state index is 0.141. The molecule has 4 aliphatic rings. The van der Waals surface area contributed by atoms with Gasteiger partial charge in [0.2, 0.25) is 5.91 Å². The van der Waals surface area contributed by atoms with Crippen LogP contribution in [0.15, 0.2) is 18.2 Å². The number of hydrogen-bond acceptors (Lipinski definition) is 3. The van der Waals surface area contributed by atoms with E-state index < -0.39 is 0 Å². The summed E-state index contributed by atoms with van der Waals surface area (Å²) < 4.78 is 5.70. The number of carbonyl (C=O) groups excluding carboxylic acids is 1. The fraction of sp³-hybridized carbons (Fsp3) is 0.682. The highest BCUT2D eigenvalue weighted by molar-refractivity contribution is 6.35. The first-order valence-corrected chi connectivity index (χ1v) is 11.1. The smallest absolute Gasteiger partial charge is 0.222 e. The molecule has 28 heavy (non-hydrogen) atoms. The second-order valence-corrected chi connectivity index (χ2v) is 9.99. The lowest BCUT2D eigenvalue weighted by Gasteiger charge is -2.61. The van der Waals surface area contributed by atoms with E-state index in [2.05, 4.69) is 0 Å². The molecule has 5 rings (SSSR count). The monoisotopic (exact) mass is 425 g/mol. The number of carbonyl (C=O) groups is 1. The number of benzene rings is 1. The van der Waals surface area contributed by atoms with Gasteiger partial charge >= 0.3 is 0 Å². The lowest BCUT2D eigenvalue weighted by atomic mass is 9.48. The summed E-state index contributed by atoms with van der Waals surface area (Å²) in [6, 6.07) is 5.50. The van der Waals surface area contributed by atoms with Crippen molar-refractivity contribution in [3.8, 4) is 5.75 Å². The van der Waals surface area contributed by atoms with Crippen molar-refractivity contribution < 1.29 is 14.6 Å². The Morgan fingerprint density at radius 3 is 2.61 bits per heavy atom. The molecule has 4 bridgehead atoms. The molecule has 4 nitrogen and oxygen atoms in total. The van der Waals surface area contributed by atoms with Gasteiger partial charge in [0.25, 0.3) is 0 Å². The Kier molecular flexibility index (Phi) is 5.83. The van der Waals surface area contributed by atoms with Crippen LogP contribution in [0.2, 0.25) is 10.0 Å². The van der Waals surface area contributed by atoms with Gasteiger partial charge in [0.15, 0.2) is 0 Å². The van der Waals surface area contributed by atoms with Crippen LogP contribution in [-0.2, 0) is 4.79 Å². The molecule has 6 heteroatoms. The highest BCUT2D eigenvalue weighted by Gasteiger charge is 2.56. The van der Waals surface area contributed by atoms with E-state index in [0.29, 0.717) is 59.7 Å². The highest BCUT2D eigenvalue weighted by Crippen LogP contribution is 2.60. The predicted molar refractivity (Wildman–Crippen MR) is 111 cm³/mol. The predicted octanol–water partition coefficient (Wildman–Crippen LogP) is 4.80. The van der Waals surface area contributed by atoms with Crippen LogP contribution in [0.3, 0.4) is 0 Å². The lowest BCUT2D eigenvalue weighted by Crippen LogP contribution is -2.60. The van der Waals surface area contributed by atoms with Gasteiger partial charge in [-0.15, -0.1) is 0 Å². The van der Waals surface area contributed by atoms with E-state index in [1.54, 1.807) is 18.2 Å². The molecule has 0 spiro atoms. The Bertz CT molecular complexity index is 724. The third-order valence-electron chi connectivity index (χ3n) is 7.21. The molecule has 1 aromatic rings. The summed E-state index contributed by atoms with van der Waals surface area (Å²) in [4.78, 5) is 14.8. The molecule has 2 unspecified atom stereocenters. The molecule has 0 radical (unpaired) electrons. The maximum atomic E-state index is 12.8. The summed E-state index contributed by atoms with van der Waals surface area (Å²) in [5.41, 5.74) is 0.141. The first-order chi connectivity index (χ1) is 13.4. The minimum atomic E-state index is 0.141. The van der Waals surface area contributed by atoms with Crippen LogP contribution in [0, 0.1) is 23.2 Å². The van der Waals surface area contributed by atoms with Crippen molar-refractivity contribution in [3.63, 3.8) is 0 Å². The number of amides is 1. The summed E-state index contributed by atoms with van der Waals surface area (Å²) >= 11 is 12.0. The van der Waals surface area contributed by atoms with E-state index in [4.69, 9.17) is 27.9 Å². The Labute approximate surface area is 177 Å². The molecule has 0 aliphatic heterocycles. The molecule has 1 N–H and O–H groups in total. The van der Waals surface area contributed by atoms with Crippen LogP contribution >= 0.6 is 23.2 Å². The zero-order valence-corrected chi connectivity index (χ0v) is 17.9. The minimum Gasteiger partial charge on any atom is -0.492 e. The van der Waals surface area contributed by atoms with E-state index in [-0.39, 0.29) is 11.3 Å². The first-order valence-electron chi connectivity index (χ1n) is 10.4. The van der Waals surface area contributed by atoms with Crippen molar-refractivity contribution in [2.75, 3.05) is 20.3 Å². The molecule has 0 aromatic heterocycles. The van der Waals surface area contributed by atoms with Crippen molar-refractivity contribution in [2.45, 2.75) is 51.0 Å². The van der Waals surface area contributed by atoms with Gasteiger partial charge in [-0.25, -0.2) is 0 Å². The van der Waals surface area contributed by atoms with Gasteiger partial charge in [-0.05, 0) is 79.9 Å². The van der Waals surface area contributed by atoms with Gasteiger partial charge in [0, 0.05) is 31.1 Å². The maximum absolute atomic E-state index is 12.8. The van der Waals surface area contributed by atoms with Gasteiger partial charge < -0.3 is 14.7 Å². The molecule has 0 heterocycles. The molecular weight excluding hydrogens is 397 g/mol. The fourth-order valence-corrected chi connectivity index (χ4v) is 6.80. The average Bonchev–Trinajstić information content (AvgIpc) is 2.65. The number of ether oxygens (including phenoxy) is 1. The Morgan fingerprint density at radius 1 is 1.25 bits per heavy atom. The summed E-state index contributed by atoms with van der Waals surface area (Å²) in [6.45, 7) is 0.764. The van der Waals surface area contributed by atoms with Crippen LogP contribution in [0.25, 0.3) is 0 Å². The standard InChI is InChI=1S/C22H29Cl2NO3/c1-25(20(27)3-2-6-28-19-5-4-17(23)9-18(19)24)21-15-7-14-8-16(21)12-22(10-14,11-15)13-26/h4-5,9,14-16,21,26H,2-3,6-8,10-13H2,1H3. The second kappa shape index (κ2) is 8.04. The molecule has 4 saturated carbocycles. The average molecular weight is 426 g/mol. The van der Waals surface area contributed by atoms with Crippen LogP contribution in [0.1, 0.15) is 44.9 Å². The van der Waals surface area contributed by atoms with Crippen molar-refractivity contribution in [2.24, 2.45) is 23.2 Å². The number of hydrogen-bond donors (Lipinski definition) is 1. The van der Waals surface area contributed by atoms with Crippen LogP contribution in [-0.4, -0.2) is 42.2 Å². The largest absolute Gasteiger partial charge is 0.492 e. The molecular formula is C22H29Cl2NO3. The van der Waals surface area contributed by atoms with Crippen LogP contribution in [0.4, 0.5) is 0 Å². The van der Waals surface area contributed by atoms with Gasteiger partial charge in [0.05, 0.1) is 11.6 Å². The van der Waals surface area contributed by atoms with Gasteiger partial charge in [0.1, 0.15) is 5.75 Å². The Hall–Kier alpha value is -0.970. The van der Waals surface area contributed by atoms with E-state index in [9.17, 15) is 9.90 Å². The van der Waals surface area contributed by atoms with Crippen molar-refractivity contribution in [3.05, 3.63) is 28.2 Å². The van der Waals surface area contributed by atoms with Crippen molar-refractivity contribution in [1.82, 2.24) is 4.90 Å². The third-order valence-corrected chi connectivity index (χ3v) is 7.74. The topological polar surface area (TPSA) is 49.8 Å². The number of rotatable bonds is 7. The van der Waals surface area contributed by atoms with Gasteiger partial charge in [-0.3, -0.25) is 4.79 Å². The Morgan fingerprint density at radius 2 is 1.96 bits per heavy atom. The quantitative estimate of drug-likeness (QED) is 0.638. The maximum Gasteiger partial charge on any atom is 0.222 e. The molecule has 4 aliphatic carbocycles. The first kappa shape index (κ1) is 20.3. The van der Waals surface area contributed by atoms with E-state index >= 15 is 0 Å². The lowest BCUT2D eigenvalue weighted by molar-refractivity contribution is -0.152. The summed E-state index contributed by atoms with van der Waals surface area (Å²) in [5, 5.41) is 11.0.